The molecular weight excluding hydrogens is 220 g/mol. The number of anilines is 1. The van der Waals surface area contributed by atoms with Crippen LogP contribution in [0, 0.1) is 0 Å². The fourth-order valence-corrected chi connectivity index (χ4v) is 2.12. The van der Waals surface area contributed by atoms with E-state index in [2.05, 4.69) is 17.2 Å². The molecule has 1 atom stereocenters. The molecule has 3 nitrogen and oxygen atoms in total. The lowest BCUT2D eigenvalue weighted by Gasteiger charge is -2.13. The summed E-state index contributed by atoms with van der Waals surface area (Å²) in [5.74, 6) is 0.858. The van der Waals surface area contributed by atoms with Gasteiger partial charge in [0.2, 0.25) is 0 Å². The summed E-state index contributed by atoms with van der Waals surface area (Å²) in [7, 11) is 1.67. The molecule has 0 aliphatic rings. The smallest absolute Gasteiger partial charge is 0.120 e. The van der Waals surface area contributed by atoms with E-state index in [1.165, 1.54) is 0 Å². The Hall–Kier alpha value is -1.55. The average molecular weight is 234 g/mol. The Labute approximate surface area is 99.1 Å². The van der Waals surface area contributed by atoms with Crippen molar-refractivity contribution in [3.05, 3.63) is 40.8 Å². The zero-order valence-corrected chi connectivity index (χ0v) is 10.1. The first-order valence-corrected chi connectivity index (χ1v) is 5.97. The molecule has 4 heteroatoms. The molecule has 1 heterocycles. The molecule has 1 N–H and O–H groups in total. The van der Waals surface area contributed by atoms with Gasteiger partial charge in [-0.1, -0.05) is 6.07 Å². The van der Waals surface area contributed by atoms with Crippen LogP contribution < -0.4 is 10.1 Å². The summed E-state index contributed by atoms with van der Waals surface area (Å²) >= 11 is 1.66. The summed E-state index contributed by atoms with van der Waals surface area (Å²) in [6.07, 6.45) is 1.82. The van der Waals surface area contributed by atoms with E-state index in [4.69, 9.17) is 4.74 Å². The van der Waals surface area contributed by atoms with E-state index >= 15 is 0 Å². The molecule has 2 aromatic rings. The Morgan fingerprint density at radius 3 is 3.00 bits per heavy atom. The van der Waals surface area contributed by atoms with Crippen molar-refractivity contribution >= 4 is 17.0 Å². The topological polar surface area (TPSA) is 34.1 Å². The minimum absolute atomic E-state index is 0.215. The zero-order chi connectivity index (χ0) is 11.4. The lowest BCUT2D eigenvalue weighted by Crippen LogP contribution is -2.05. The van der Waals surface area contributed by atoms with Crippen molar-refractivity contribution in [1.82, 2.24) is 4.98 Å². The van der Waals surface area contributed by atoms with Crippen molar-refractivity contribution in [2.24, 2.45) is 0 Å². The van der Waals surface area contributed by atoms with Gasteiger partial charge in [-0.3, -0.25) is 0 Å². The number of hydrogen-bond acceptors (Lipinski definition) is 4. The molecule has 1 aromatic carbocycles. The number of rotatable bonds is 4. The molecule has 0 spiro atoms. The molecule has 1 unspecified atom stereocenters. The maximum Gasteiger partial charge on any atom is 0.120 e. The highest BCUT2D eigenvalue weighted by molar-refractivity contribution is 7.09. The van der Waals surface area contributed by atoms with E-state index in [0.717, 1.165) is 16.4 Å². The van der Waals surface area contributed by atoms with E-state index in [1.807, 2.05) is 35.8 Å². The number of nitrogens with zero attached hydrogens (tertiary/aromatic N) is 1. The van der Waals surface area contributed by atoms with Gasteiger partial charge in [-0.25, -0.2) is 4.98 Å². The van der Waals surface area contributed by atoms with E-state index in [9.17, 15) is 0 Å². The molecule has 0 saturated carbocycles. The van der Waals surface area contributed by atoms with Crippen molar-refractivity contribution in [3.63, 3.8) is 0 Å². The Balaban J connectivity index is 2.08. The summed E-state index contributed by atoms with van der Waals surface area (Å²) in [6.45, 7) is 2.10. The summed E-state index contributed by atoms with van der Waals surface area (Å²) < 4.78 is 5.17. The number of thiazole rings is 1. The maximum atomic E-state index is 5.17. The third kappa shape index (κ3) is 2.52. The highest BCUT2D eigenvalue weighted by atomic mass is 32.1. The van der Waals surface area contributed by atoms with E-state index in [0.29, 0.717) is 0 Å². The number of benzene rings is 1. The zero-order valence-electron chi connectivity index (χ0n) is 9.31. The maximum absolute atomic E-state index is 5.17. The summed E-state index contributed by atoms with van der Waals surface area (Å²) in [5, 5.41) is 6.46. The molecule has 0 aliphatic heterocycles. The van der Waals surface area contributed by atoms with Gasteiger partial charge in [0.05, 0.1) is 13.2 Å². The van der Waals surface area contributed by atoms with Gasteiger partial charge in [-0.15, -0.1) is 11.3 Å². The van der Waals surface area contributed by atoms with Crippen molar-refractivity contribution < 1.29 is 4.74 Å². The third-order valence-electron chi connectivity index (χ3n) is 2.27. The van der Waals surface area contributed by atoms with Gasteiger partial charge in [0.1, 0.15) is 10.8 Å². The first-order valence-electron chi connectivity index (χ1n) is 5.09. The Morgan fingerprint density at radius 1 is 1.44 bits per heavy atom. The second-order valence-corrected chi connectivity index (χ2v) is 4.39. The van der Waals surface area contributed by atoms with Gasteiger partial charge in [0, 0.05) is 23.3 Å². The predicted octanol–water partition coefficient (Wildman–Crippen LogP) is 3.32. The van der Waals surface area contributed by atoms with Crippen LogP contribution in [0.5, 0.6) is 5.75 Å². The van der Waals surface area contributed by atoms with E-state index < -0.39 is 0 Å². The molecule has 0 saturated heterocycles. The monoisotopic (exact) mass is 234 g/mol. The molecule has 0 fully saturated rings. The van der Waals surface area contributed by atoms with Crippen LogP contribution in [0.15, 0.2) is 35.8 Å². The second-order valence-electron chi connectivity index (χ2n) is 3.47. The number of hydrogen-bond donors (Lipinski definition) is 1. The van der Waals surface area contributed by atoms with Crippen molar-refractivity contribution in [2.75, 3.05) is 12.4 Å². The van der Waals surface area contributed by atoms with Crippen LogP contribution in [-0.4, -0.2) is 12.1 Å². The molecule has 84 valence electrons. The Morgan fingerprint density at radius 2 is 2.31 bits per heavy atom. The minimum atomic E-state index is 0.215. The fourth-order valence-electron chi connectivity index (χ4n) is 1.47. The molecule has 0 aliphatic carbocycles. The standard InChI is InChI=1S/C12H14N2OS/c1-9(12-13-6-7-16-12)14-10-4-3-5-11(8-10)15-2/h3-9,14H,1-2H3. The first kappa shape index (κ1) is 11.0. The van der Waals surface area contributed by atoms with Crippen LogP contribution in [-0.2, 0) is 0 Å². The first-order chi connectivity index (χ1) is 7.79. The summed E-state index contributed by atoms with van der Waals surface area (Å²) in [6, 6.07) is 8.11. The largest absolute Gasteiger partial charge is 0.497 e. The van der Waals surface area contributed by atoms with Gasteiger partial charge in [-0.05, 0) is 19.1 Å². The Kier molecular flexibility index (Phi) is 3.41. The fraction of sp³-hybridized carbons (Fsp3) is 0.250. The number of ether oxygens (including phenoxy) is 1. The second kappa shape index (κ2) is 4.99. The lowest BCUT2D eigenvalue weighted by atomic mass is 10.2. The normalized spacial score (nSPS) is 12.1. The van der Waals surface area contributed by atoms with E-state index in [-0.39, 0.29) is 6.04 Å². The highest BCUT2D eigenvalue weighted by Crippen LogP contribution is 2.23. The van der Waals surface area contributed by atoms with E-state index in [1.54, 1.807) is 18.4 Å². The molecule has 16 heavy (non-hydrogen) atoms. The molecule has 0 radical (unpaired) electrons. The van der Waals surface area contributed by atoms with Crippen LogP contribution in [0.2, 0.25) is 0 Å². The SMILES string of the molecule is COc1cccc(NC(C)c2nccs2)c1. The summed E-state index contributed by atoms with van der Waals surface area (Å²) in [5.41, 5.74) is 1.04. The van der Waals surface area contributed by atoms with Crippen LogP contribution in [0.3, 0.4) is 0 Å². The molecule has 0 bridgehead atoms. The number of nitrogens with one attached hydrogen (secondary N) is 1. The van der Waals surface area contributed by atoms with Crippen LogP contribution in [0.1, 0.15) is 18.0 Å². The van der Waals surface area contributed by atoms with Crippen molar-refractivity contribution in [3.8, 4) is 5.75 Å². The van der Waals surface area contributed by atoms with Gasteiger partial charge >= 0.3 is 0 Å². The van der Waals surface area contributed by atoms with Gasteiger partial charge < -0.3 is 10.1 Å². The van der Waals surface area contributed by atoms with Crippen LogP contribution in [0.4, 0.5) is 5.69 Å². The predicted molar refractivity (Wildman–Crippen MR) is 67.1 cm³/mol. The number of aromatic nitrogens is 1. The van der Waals surface area contributed by atoms with Crippen molar-refractivity contribution in [2.45, 2.75) is 13.0 Å². The average Bonchev–Trinajstić information content (AvgIpc) is 2.83. The summed E-state index contributed by atoms with van der Waals surface area (Å²) in [4.78, 5) is 4.28. The highest BCUT2D eigenvalue weighted by Gasteiger charge is 2.07. The molecule has 2 rings (SSSR count). The minimum Gasteiger partial charge on any atom is -0.497 e. The van der Waals surface area contributed by atoms with Gasteiger partial charge in [0.25, 0.3) is 0 Å². The third-order valence-corrected chi connectivity index (χ3v) is 3.23. The van der Waals surface area contributed by atoms with Gasteiger partial charge in [-0.2, -0.15) is 0 Å². The lowest BCUT2D eigenvalue weighted by molar-refractivity contribution is 0.415. The van der Waals surface area contributed by atoms with Crippen LogP contribution >= 0.6 is 11.3 Å². The van der Waals surface area contributed by atoms with Gasteiger partial charge in [0.15, 0.2) is 0 Å². The molecule has 0 amide bonds. The van der Waals surface area contributed by atoms with Crippen LogP contribution in [0.25, 0.3) is 0 Å². The quantitative estimate of drug-likeness (QED) is 0.881. The van der Waals surface area contributed by atoms with Crippen molar-refractivity contribution in [1.29, 1.82) is 0 Å². The number of methoxy groups -OCH3 is 1. The Bertz CT molecular complexity index is 442. The molecular formula is C12H14N2OS. The molecule has 1 aromatic heterocycles.